The van der Waals surface area contributed by atoms with E-state index in [1.807, 2.05) is 0 Å². The predicted molar refractivity (Wildman–Crippen MR) is 56.9 cm³/mol. The standard InChI is InChI=1S/C10H9BN2O2/c11-8-1-3-12-9(5-8)13-6-7-2-4-15-10(7)14/h1,3,5-6H,2,4H2,(H,12,13)/b7-6+. The van der Waals surface area contributed by atoms with Gasteiger partial charge in [-0.05, 0) is 6.07 Å². The van der Waals surface area contributed by atoms with Crippen LogP contribution in [0.15, 0.2) is 30.1 Å². The van der Waals surface area contributed by atoms with Crippen LogP contribution in [0.4, 0.5) is 5.82 Å². The molecule has 0 aromatic carbocycles. The van der Waals surface area contributed by atoms with Gasteiger partial charge in [0.25, 0.3) is 0 Å². The summed E-state index contributed by atoms with van der Waals surface area (Å²) in [6.45, 7) is 0.455. The zero-order valence-corrected chi connectivity index (χ0v) is 8.06. The molecule has 2 rings (SSSR count). The van der Waals surface area contributed by atoms with Crippen molar-refractivity contribution < 1.29 is 9.53 Å². The molecule has 1 fully saturated rings. The highest BCUT2D eigenvalue weighted by atomic mass is 16.5. The molecule has 5 heteroatoms. The summed E-state index contributed by atoms with van der Waals surface area (Å²) < 4.78 is 4.79. The van der Waals surface area contributed by atoms with Crippen LogP contribution in [-0.2, 0) is 9.53 Å². The molecule has 1 aliphatic heterocycles. The summed E-state index contributed by atoms with van der Waals surface area (Å²) in [6.07, 6.45) is 3.84. The summed E-state index contributed by atoms with van der Waals surface area (Å²) in [5.41, 5.74) is 1.25. The molecule has 0 unspecified atom stereocenters. The van der Waals surface area contributed by atoms with E-state index in [-0.39, 0.29) is 5.97 Å². The Bertz CT molecular complexity index is 418. The number of esters is 1. The third-order valence-electron chi connectivity index (χ3n) is 2.05. The molecule has 1 aromatic heterocycles. The molecule has 1 aliphatic rings. The number of carbonyl (C=O) groups is 1. The van der Waals surface area contributed by atoms with Gasteiger partial charge in [0.1, 0.15) is 13.7 Å². The van der Waals surface area contributed by atoms with Crippen LogP contribution in [0.3, 0.4) is 0 Å². The fourth-order valence-corrected chi connectivity index (χ4v) is 1.27. The monoisotopic (exact) mass is 200 g/mol. The van der Waals surface area contributed by atoms with E-state index in [1.54, 1.807) is 24.5 Å². The Morgan fingerprint density at radius 2 is 2.47 bits per heavy atom. The van der Waals surface area contributed by atoms with Crippen molar-refractivity contribution in [3.05, 3.63) is 30.1 Å². The van der Waals surface area contributed by atoms with Crippen LogP contribution in [0.1, 0.15) is 6.42 Å². The number of hydrogen-bond donors (Lipinski definition) is 1. The van der Waals surface area contributed by atoms with Crippen molar-refractivity contribution in [3.8, 4) is 0 Å². The zero-order chi connectivity index (χ0) is 10.7. The fourth-order valence-electron chi connectivity index (χ4n) is 1.27. The van der Waals surface area contributed by atoms with Crippen molar-refractivity contribution >= 4 is 25.1 Å². The lowest BCUT2D eigenvalue weighted by Crippen LogP contribution is -2.05. The number of anilines is 1. The van der Waals surface area contributed by atoms with Crippen molar-refractivity contribution in [2.24, 2.45) is 0 Å². The molecule has 1 saturated heterocycles. The highest BCUT2D eigenvalue weighted by Crippen LogP contribution is 2.12. The van der Waals surface area contributed by atoms with Gasteiger partial charge in [0.15, 0.2) is 0 Å². The van der Waals surface area contributed by atoms with Crippen molar-refractivity contribution in [1.29, 1.82) is 0 Å². The van der Waals surface area contributed by atoms with Gasteiger partial charge in [0, 0.05) is 18.8 Å². The maximum absolute atomic E-state index is 11.1. The van der Waals surface area contributed by atoms with Crippen LogP contribution in [-0.4, -0.2) is 25.4 Å². The number of nitrogens with zero attached hydrogens (tertiary/aromatic N) is 1. The Kier molecular flexibility index (Phi) is 2.71. The number of nitrogens with one attached hydrogen (secondary N) is 1. The number of hydrogen-bond acceptors (Lipinski definition) is 4. The second-order valence-corrected chi connectivity index (χ2v) is 3.17. The van der Waals surface area contributed by atoms with Crippen LogP contribution in [0.2, 0.25) is 0 Å². The van der Waals surface area contributed by atoms with E-state index >= 15 is 0 Å². The van der Waals surface area contributed by atoms with Gasteiger partial charge in [-0.15, -0.1) is 0 Å². The van der Waals surface area contributed by atoms with Gasteiger partial charge < -0.3 is 10.1 Å². The van der Waals surface area contributed by atoms with Crippen molar-refractivity contribution in [2.45, 2.75) is 6.42 Å². The first-order valence-corrected chi connectivity index (χ1v) is 4.60. The second-order valence-electron chi connectivity index (χ2n) is 3.17. The van der Waals surface area contributed by atoms with Crippen molar-refractivity contribution in [1.82, 2.24) is 4.98 Å². The third kappa shape index (κ3) is 2.37. The van der Waals surface area contributed by atoms with Gasteiger partial charge in [0.05, 0.1) is 12.2 Å². The van der Waals surface area contributed by atoms with E-state index < -0.39 is 0 Å². The molecule has 0 spiro atoms. The highest BCUT2D eigenvalue weighted by Gasteiger charge is 2.17. The zero-order valence-electron chi connectivity index (χ0n) is 8.06. The van der Waals surface area contributed by atoms with Crippen LogP contribution < -0.4 is 10.8 Å². The van der Waals surface area contributed by atoms with E-state index in [0.717, 1.165) is 0 Å². The lowest BCUT2D eigenvalue weighted by Gasteiger charge is -2.01. The summed E-state index contributed by atoms with van der Waals surface area (Å²) in [4.78, 5) is 15.1. The molecule has 0 saturated carbocycles. The molecule has 0 aliphatic carbocycles. The van der Waals surface area contributed by atoms with E-state index in [0.29, 0.717) is 29.9 Å². The highest BCUT2D eigenvalue weighted by molar-refractivity contribution is 6.32. The van der Waals surface area contributed by atoms with E-state index in [2.05, 4.69) is 10.3 Å². The minimum absolute atomic E-state index is 0.272. The molecule has 0 atom stereocenters. The first kappa shape index (κ1) is 9.77. The Labute approximate surface area is 88.8 Å². The maximum atomic E-state index is 11.1. The number of carbonyl (C=O) groups excluding carboxylic acids is 1. The quantitative estimate of drug-likeness (QED) is 0.418. The largest absolute Gasteiger partial charge is 0.462 e. The van der Waals surface area contributed by atoms with E-state index in [9.17, 15) is 4.79 Å². The Hall–Kier alpha value is -1.78. The number of pyridine rings is 1. The Morgan fingerprint density at radius 3 is 3.13 bits per heavy atom. The molecule has 0 bridgehead atoms. The molecule has 0 amide bonds. The van der Waals surface area contributed by atoms with E-state index in [4.69, 9.17) is 12.6 Å². The van der Waals surface area contributed by atoms with Gasteiger partial charge in [-0.2, -0.15) is 0 Å². The first-order valence-electron chi connectivity index (χ1n) is 4.60. The molecule has 2 heterocycles. The van der Waals surface area contributed by atoms with Crippen molar-refractivity contribution in [3.63, 3.8) is 0 Å². The van der Waals surface area contributed by atoms with Crippen molar-refractivity contribution in [2.75, 3.05) is 11.9 Å². The second kappa shape index (κ2) is 4.17. The number of aromatic nitrogens is 1. The smallest absolute Gasteiger partial charge is 0.335 e. The average molecular weight is 200 g/mol. The molecule has 15 heavy (non-hydrogen) atoms. The Balaban J connectivity index is 2.06. The molecule has 1 N–H and O–H groups in total. The molecule has 2 radical (unpaired) electrons. The van der Waals surface area contributed by atoms with Gasteiger partial charge in [-0.25, -0.2) is 9.78 Å². The van der Waals surface area contributed by atoms with Gasteiger partial charge >= 0.3 is 5.97 Å². The summed E-state index contributed by atoms with van der Waals surface area (Å²) in [6, 6.07) is 3.39. The minimum Gasteiger partial charge on any atom is -0.462 e. The van der Waals surface area contributed by atoms with Gasteiger partial charge in [0.2, 0.25) is 0 Å². The van der Waals surface area contributed by atoms with Gasteiger partial charge in [-0.3, -0.25) is 0 Å². The summed E-state index contributed by atoms with van der Waals surface area (Å²) in [5.74, 6) is 0.341. The lowest BCUT2D eigenvalue weighted by molar-refractivity contribution is -0.135. The SMILES string of the molecule is [B]c1ccnc(N/C=C2\CCOC2=O)c1. The Morgan fingerprint density at radius 1 is 1.60 bits per heavy atom. The van der Waals surface area contributed by atoms with Crippen LogP contribution in [0.25, 0.3) is 0 Å². The normalized spacial score (nSPS) is 17.9. The first-order chi connectivity index (χ1) is 7.25. The predicted octanol–water partition coefficient (Wildman–Crippen LogP) is 0.118. The van der Waals surface area contributed by atoms with E-state index in [1.165, 1.54) is 0 Å². The number of cyclic esters (lactones) is 1. The fraction of sp³-hybridized carbons (Fsp3) is 0.200. The molecule has 74 valence electrons. The summed E-state index contributed by atoms with van der Waals surface area (Å²) in [5, 5.41) is 2.90. The topological polar surface area (TPSA) is 51.2 Å². The molecule has 4 nitrogen and oxygen atoms in total. The van der Waals surface area contributed by atoms with Gasteiger partial charge in [-0.1, -0.05) is 11.5 Å². The molecule has 1 aromatic rings. The van der Waals surface area contributed by atoms with Crippen LogP contribution in [0, 0.1) is 0 Å². The maximum Gasteiger partial charge on any atom is 0.335 e. The summed E-state index contributed by atoms with van der Waals surface area (Å²) >= 11 is 0. The minimum atomic E-state index is -0.272. The third-order valence-corrected chi connectivity index (χ3v) is 2.05. The van der Waals surface area contributed by atoms with Crippen LogP contribution in [0.5, 0.6) is 0 Å². The average Bonchev–Trinajstić information content (AvgIpc) is 2.61. The number of rotatable bonds is 2. The molecular weight excluding hydrogens is 191 g/mol. The summed E-state index contributed by atoms with van der Waals surface area (Å²) in [7, 11) is 5.58. The number of ether oxygens (including phenoxy) is 1. The van der Waals surface area contributed by atoms with Crippen LogP contribution >= 0.6 is 0 Å². The molecular formula is C10H9BN2O2. The lowest BCUT2D eigenvalue weighted by atomic mass is 9.98.